The quantitative estimate of drug-likeness (QED) is 0.348. The molecule has 4 aliphatic rings. The minimum absolute atomic E-state index is 0.110. The molecular formula is C40H49N3O7. The third-order valence-electron chi connectivity index (χ3n) is 10.9. The first-order valence-corrected chi connectivity index (χ1v) is 17.7. The van der Waals surface area contributed by atoms with Crippen molar-refractivity contribution in [1.29, 1.82) is 0 Å². The third-order valence-corrected chi connectivity index (χ3v) is 10.9. The van der Waals surface area contributed by atoms with E-state index in [2.05, 4.69) is 0 Å². The van der Waals surface area contributed by atoms with Gasteiger partial charge in [0.25, 0.3) is 5.91 Å². The summed E-state index contributed by atoms with van der Waals surface area (Å²) in [4.78, 5) is 62.7. The number of likely N-dealkylation sites (tertiary alicyclic amines) is 1. The Morgan fingerprint density at radius 1 is 1.00 bits per heavy atom. The fourth-order valence-electron chi connectivity index (χ4n) is 8.24. The Labute approximate surface area is 294 Å². The molecule has 3 amide bonds. The van der Waals surface area contributed by atoms with E-state index in [-0.39, 0.29) is 37.3 Å². The molecule has 1 N–H and O–H groups in total. The van der Waals surface area contributed by atoms with Crippen molar-refractivity contribution < 1.29 is 33.8 Å². The predicted molar refractivity (Wildman–Crippen MR) is 189 cm³/mol. The number of fused-ring (bicyclic) bond motifs is 2. The number of anilines is 1. The molecule has 2 aromatic rings. The first-order chi connectivity index (χ1) is 23.9. The van der Waals surface area contributed by atoms with Gasteiger partial charge in [-0.15, -0.1) is 0 Å². The predicted octanol–water partition coefficient (Wildman–Crippen LogP) is 4.68. The molecule has 2 saturated heterocycles. The summed E-state index contributed by atoms with van der Waals surface area (Å²) in [5.41, 5.74) is 1.80. The van der Waals surface area contributed by atoms with Crippen molar-refractivity contribution >= 4 is 29.4 Å². The summed E-state index contributed by atoms with van der Waals surface area (Å²) in [6, 6.07) is 12.8. The summed E-state index contributed by atoms with van der Waals surface area (Å²) in [7, 11) is 1.71. The second-order valence-electron chi connectivity index (χ2n) is 14.7. The molecule has 8 atom stereocenters. The van der Waals surface area contributed by atoms with E-state index in [1.165, 1.54) is 4.90 Å². The number of hydrogen-bond acceptors (Lipinski definition) is 7. The van der Waals surface area contributed by atoms with Crippen LogP contribution in [0.3, 0.4) is 0 Å². The van der Waals surface area contributed by atoms with E-state index < -0.39 is 59.6 Å². The molecule has 0 saturated carbocycles. The van der Waals surface area contributed by atoms with Crippen LogP contribution < -0.4 is 4.90 Å². The zero-order chi connectivity index (χ0) is 35.9. The highest BCUT2D eigenvalue weighted by Crippen LogP contribution is 2.56. The van der Waals surface area contributed by atoms with Crippen LogP contribution in [0.1, 0.15) is 62.8 Å². The van der Waals surface area contributed by atoms with Gasteiger partial charge in [-0.25, -0.2) is 0 Å². The molecule has 4 heterocycles. The zero-order valence-corrected chi connectivity index (χ0v) is 29.8. The number of amides is 3. The van der Waals surface area contributed by atoms with Crippen LogP contribution in [0, 0.1) is 31.6 Å². The maximum atomic E-state index is 15.2. The largest absolute Gasteiger partial charge is 0.455 e. The number of carbonyl (C=O) groups is 4. The molecule has 5 bridgehead atoms. The first-order valence-electron chi connectivity index (χ1n) is 17.7. The Kier molecular flexibility index (Phi) is 10.1. The maximum Gasteiger partial charge on any atom is 0.313 e. The van der Waals surface area contributed by atoms with Crippen LogP contribution in [0.2, 0.25) is 0 Å². The SMILES string of the molecule is Cc1ccc(C)c(N2C/C=C\CCC(=O)N(C)[C@H](C)[C@@H](c3ccccc3)OC(=O)[C@@H]3[C@@H]4C=C[C@]5(O4)[C@H](C2=O)N([C@@H](CO)CC(C)C)C(=O)[C@@H]35)c1. The lowest BCUT2D eigenvalue weighted by atomic mass is 9.74. The Morgan fingerprint density at radius 2 is 1.74 bits per heavy atom. The van der Waals surface area contributed by atoms with Crippen LogP contribution in [0.5, 0.6) is 0 Å². The van der Waals surface area contributed by atoms with Gasteiger partial charge in [0.05, 0.1) is 30.7 Å². The van der Waals surface area contributed by atoms with Crippen LogP contribution in [0.4, 0.5) is 5.69 Å². The van der Waals surface area contributed by atoms with E-state index in [9.17, 15) is 19.5 Å². The molecule has 266 valence electrons. The number of aliphatic hydroxyl groups is 1. The molecule has 0 unspecified atom stereocenters. The van der Waals surface area contributed by atoms with Gasteiger partial charge in [0.15, 0.2) is 0 Å². The third kappa shape index (κ3) is 6.17. The molecule has 50 heavy (non-hydrogen) atoms. The number of likely N-dealkylation sites (N-methyl/N-ethyl adjacent to an activating group) is 1. The minimum Gasteiger partial charge on any atom is -0.455 e. The van der Waals surface area contributed by atoms with Crippen molar-refractivity contribution in [1.82, 2.24) is 9.80 Å². The van der Waals surface area contributed by atoms with Crippen LogP contribution in [0.25, 0.3) is 0 Å². The molecule has 0 radical (unpaired) electrons. The summed E-state index contributed by atoms with van der Waals surface area (Å²) >= 11 is 0. The first kappa shape index (κ1) is 35.5. The standard InChI is InChI=1S/C40H49N3O7/c1-24(2)21-29(23-44)43-36-38(47)42(30-22-25(3)16-17-26(30)4)20-12-8-11-15-32(45)41(6)27(5)35(28-13-9-7-10-14-28)49-39(48)33-31-18-19-40(36,50-31)34(33)37(43)46/h7-10,12-14,16-19,22,24,27,29,31,33-36,44H,11,15,20-21,23H2,1-6H3/b12-8-/t27-,29-,31+,33-,34-,35+,36+,40-/m1/s1. The number of aryl methyl sites for hydroxylation is 2. The molecule has 2 aromatic carbocycles. The number of nitrogens with zero attached hydrogens (tertiary/aromatic N) is 3. The molecule has 1 spiro atoms. The fraction of sp³-hybridized carbons (Fsp3) is 0.500. The van der Waals surface area contributed by atoms with Crippen molar-refractivity contribution in [2.45, 2.75) is 89.8 Å². The highest BCUT2D eigenvalue weighted by atomic mass is 16.6. The lowest BCUT2D eigenvalue weighted by Crippen LogP contribution is -2.59. The number of cyclic esters (lactones) is 1. The highest BCUT2D eigenvalue weighted by Gasteiger charge is 2.74. The molecule has 2 fully saturated rings. The van der Waals surface area contributed by atoms with Gasteiger partial charge in [-0.2, -0.15) is 0 Å². The summed E-state index contributed by atoms with van der Waals surface area (Å²) in [5, 5.41) is 10.7. The second kappa shape index (κ2) is 14.2. The molecule has 4 aliphatic heterocycles. The Bertz CT molecular complexity index is 1690. The summed E-state index contributed by atoms with van der Waals surface area (Å²) in [5.74, 6) is -3.48. The van der Waals surface area contributed by atoms with E-state index in [1.54, 1.807) is 29.0 Å². The highest BCUT2D eigenvalue weighted by molar-refractivity contribution is 6.05. The summed E-state index contributed by atoms with van der Waals surface area (Å²) in [6.45, 7) is 9.59. The molecule has 6 rings (SSSR count). The smallest absolute Gasteiger partial charge is 0.313 e. The molecular weight excluding hydrogens is 634 g/mol. The van der Waals surface area contributed by atoms with Crippen LogP contribution in [0.15, 0.2) is 72.8 Å². The van der Waals surface area contributed by atoms with Gasteiger partial charge in [-0.05, 0) is 62.3 Å². The maximum absolute atomic E-state index is 15.2. The van der Waals surface area contributed by atoms with Crippen LogP contribution in [-0.2, 0) is 28.7 Å². The Morgan fingerprint density at radius 3 is 2.44 bits per heavy atom. The van der Waals surface area contributed by atoms with Gasteiger partial charge < -0.3 is 29.3 Å². The number of benzene rings is 2. The van der Waals surface area contributed by atoms with Crippen molar-refractivity contribution in [3.63, 3.8) is 0 Å². The number of rotatable bonds is 6. The van der Waals surface area contributed by atoms with Crippen molar-refractivity contribution in [3.05, 3.63) is 89.5 Å². The Hall–Kier alpha value is -4.28. The number of esters is 1. The van der Waals surface area contributed by atoms with Crippen LogP contribution in [-0.4, -0.2) is 88.6 Å². The van der Waals surface area contributed by atoms with E-state index in [0.717, 1.165) is 11.1 Å². The average Bonchev–Trinajstić information content (AvgIpc) is 3.75. The average molecular weight is 684 g/mol. The Balaban J connectivity index is 1.51. The second-order valence-corrected chi connectivity index (χ2v) is 14.7. The normalized spacial score (nSPS) is 31.4. The van der Waals surface area contributed by atoms with Crippen molar-refractivity contribution in [2.75, 3.05) is 25.1 Å². The summed E-state index contributed by atoms with van der Waals surface area (Å²) in [6.07, 6.45) is 6.85. The lowest BCUT2D eigenvalue weighted by molar-refractivity contribution is -0.164. The van der Waals surface area contributed by atoms with Crippen molar-refractivity contribution in [3.8, 4) is 0 Å². The fourth-order valence-corrected chi connectivity index (χ4v) is 8.24. The number of aliphatic hydroxyl groups excluding tert-OH is 1. The van der Waals surface area contributed by atoms with Crippen LogP contribution >= 0.6 is 0 Å². The number of allylic oxidation sites excluding steroid dienone is 1. The number of hydrogen-bond donors (Lipinski definition) is 1. The molecule has 0 aliphatic carbocycles. The van der Waals surface area contributed by atoms with Gasteiger partial charge in [0.1, 0.15) is 23.7 Å². The lowest BCUT2D eigenvalue weighted by Gasteiger charge is -2.39. The molecule has 10 heteroatoms. The summed E-state index contributed by atoms with van der Waals surface area (Å²) < 4.78 is 13.0. The van der Waals surface area contributed by atoms with Gasteiger partial charge in [-0.1, -0.05) is 80.6 Å². The van der Waals surface area contributed by atoms with E-state index in [1.807, 2.05) is 95.3 Å². The van der Waals surface area contributed by atoms with E-state index in [4.69, 9.17) is 9.47 Å². The van der Waals surface area contributed by atoms with Gasteiger partial charge >= 0.3 is 5.97 Å². The van der Waals surface area contributed by atoms with Gasteiger partial charge in [-0.3, -0.25) is 19.2 Å². The molecule has 10 nitrogen and oxygen atoms in total. The van der Waals surface area contributed by atoms with Gasteiger partial charge in [0.2, 0.25) is 11.8 Å². The molecule has 0 aromatic heterocycles. The van der Waals surface area contributed by atoms with Crippen molar-refractivity contribution in [2.24, 2.45) is 17.8 Å². The van der Waals surface area contributed by atoms with E-state index >= 15 is 4.79 Å². The topological polar surface area (TPSA) is 117 Å². The zero-order valence-electron chi connectivity index (χ0n) is 29.8. The number of ether oxygens (including phenoxy) is 2. The van der Waals surface area contributed by atoms with E-state index in [0.29, 0.717) is 24.1 Å². The monoisotopic (exact) mass is 683 g/mol. The number of carbonyl (C=O) groups excluding carboxylic acids is 4. The van der Waals surface area contributed by atoms with Gasteiger partial charge in [0, 0.05) is 25.7 Å². The minimum atomic E-state index is -1.44.